The average molecular weight is 500 g/mol. The van der Waals surface area contributed by atoms with Gasteiger partial charge in [-0.05, 0) is 42.2 Å². The van der Waals surface area contributed by atoms with E-state index in [2.05, 4.69) is 9.88 Å². The first-order chi connectivity index (χ1) is 15.7. The number of halogens is 4. The second kappa shape index (κ2) is 7.22. The largest absolute Gasteiger partial charge is 0.373 e. The zero-order valence-corrected chi connectivity index (χ0v) is 19.8. The Kier molecular flexibility index (Phi) is 5.02. The summed E-state index contributed by atoms with van der Waals surface area (Å²) in [4.78, 5) is 6.55. The molecule has 2 aromatic rings. The van der Waals surface area contributed by atoms with Gasteiger partial charge in [0.05, 0.1) is 11.9 Å². The summed E-state index contributed by atoms with van der Waals surface area (Å²) in [6, 6.07) is 3.05. The monoisotopic (exact) mass is 499 g/mol. The van der Waals surface area contributed by atoms with Crippen LogP contribution in [0, 0.1) is 6.92 Å². The van der Waals surface area contributed by atoms with Gasteiger partial charge in [0.1, 0.15) is 0 Å². The smallest absolute Gasteiger partial charge is 0.312 e. The molecule has 1 saturated heterocycles. The van der Waals surface area contributed by atoms with E-state index in [-0.39, 0.29) is 16.7 Å². The summed E-state index contributed by atoms with van der Waals surface area (Å²) in [6.45, 7) is 5.73. The fourth-order valence-electron chi connectivity index (χ4n) is 5.46. The summed E-state index contributed by atoms with van der Waals surface area (Å²) in [5.41, 5.74) is -2.35. The van der Waals surface area contributed by atoms with E-state index < -0.39 is 38.6 Å². The van der Waals surface area contributed by atoms with Crippen LogP contribution in [0.1, 0.15) is 40.4 Å². The molecule has 6 nitrogen and oxygen atoms in total. The number of pyridine rings is 1. The number of rotatable bonds is 5. The Morgan fingerprint density at radius 3 is 2.26 bits per heavy atom. The van der Waals surface area contributed by atoms with Crippen molar-refractivity contribution in [3.05, 3.63) is 51.8 Å². The lowest BCUT2D eigenvalue weighted by atomic mass is 9.52. The van der Waals surface area contributed by atoms with Crippen molar-refractivity contribution in [1.29, 1.82) is 0 Å². The molecule has 0 saturated carbocycles. The number of benzene rings is 1. The van der Waals surface area contributed by atoms with E-state index >= 15 is 0 Å². The van der Waals surface area contributed by atoms with Gasteiger partial charge in [0.25, 0.3) is 0 Å². The summed E-state index contributed by atoms with van der Waals surface area (Å²) >= 11 is 0. The van der Waals surface area contributed by atoms with Crippen molar-refractivity contribution < 1.29 is 31.1 Å². The van der Waals surface area contributed by atoms with E-state index in [4.69, 9.17) is 0 Å². The molecule has 184 valence electrons. The Morgan fingerprint density at radius 1 is 1.03 bits per heavy atom. The topological polar surface area (TPSA) is 73.7 Å². The summed E-state index contributed by atoms with van der Waals surface area (Å²) in [6.07, 6.45) is 3.25. The Hall–Kier alpha value is -2.08. The zero-order chi connectivity index (χ0) is 24.8. The molecule has 1 N–H and O–H groups in total. The van der Waals surface area contributed by atoms with Gasteiger partial charge in [0, 0.05) is 61.2 Å². The van der Waals surface area contributed by atoms with E-state index in [1.807, 2.05) is 13.0 Å². The summed E-state index contributed by atoms with van der Waals surface area (Å²) in [5.74, 6) is -8.04. The predicted molar refractivity (Wildman–Crippen MR) is 117 cm³/mol. The Morgan fingerprint density at radius 2 is 1.68 bits per heavy atom. The van der Waals surface area contributed by atoms with Gasteiger partial charge in [0.15, 0.2) is 0 Å². The third-order valence-electron chi connectivity index (χ3n) is 7.41. The molecule has 0 radical (unpaired) electrons. The van der Waals surface area contributed by atoms with Gasteiger partial charge in [-0.2, -0.15) is 21.9 Å². The molecule has 34 heavy (non-hydrogen) atoms. The lowest BCUT2D eigenvalue weighted by Crippen LogP contribution is -2.70. The van der Waals surface area contributed by atoms with Crippen LogP contribution in [0.15, 0.2) is 18.3 Å². The van der Waals surface area contributed by atoms with Crippen LogP contribution in [0.25, 0.3) is 11.1 Å². The number of nitrogens with zero attached hydrogens (tertiary/aromatic N) is 3. The fourth-order valence-corrected chi connectivity index (χ4v) is 6.28. The molecule has 11 heteroatoms. The molecule has 1 aliphatic heterocycles. The molecule has 1 aromatic heterocycles. The van der Waals surface area contributed by atoms with E-state index in [1.165, 1.54) is 29.7 Å². The molecule has 3 aliphatic rings. The quantitative estimate of drug-likeness (QED) is 0.641. The highest BCUT2D eigenvalue weighted by Gasteiger charge is 2.86. The Labute approximate surface area is 195 Å². The lowest BCUT2D eigenvalue weighted by Gasteiger charge is -2.59. The van der Waals surface area contributed by atoms with Gasteiger partial charge in [-0.25, -0.2) is 8.42 Å². The third kappa shape index (κ3) is 2.90. The number of alkyl halides is 4. The minimum atomic E-state index is -4.02. The first-order valence-corrected chi connectivity index (χ1v) is 12.9. The van der Waals surface area contributed by atoms with Crippen molar-refractivity contribution in [2.24, 2.45) is 0 Å². The molecule has 2 heterocycles. The van der Waals surface area contributed by atoms with Crippen LogP contribution in [0.5, 0.6) is 0 Å². The SMILES string of the molecule is CCc1cc(CN2CCN(S(C)(=O)=O)CC2)ncc1-c1cc2c3c(c1C)C(F)(F)C3(O)C2(F)F. The summed E-state index contributed by atoms with van der Waals surface area (Å²) < 4.78 is 83.0. The van der Waals surface area contributed by atoms with Gasteiger partial charge in [0.2, 0.25) is 15.6 Å². The molecule has 1 aromatic carbocycles. The molecule has 1 unspecified atom stereocenters. The number of aryl methyl sites for hydroxylation is 1. The zero-order valence-electron chi connectivity index (χ0n) is 19.0. The number of aromatic nitrogens is 1. The molecular weight excluding hydrogens is 474 g/mol. The number of hydrogen-bond donors (Lipinski definition) is 1. The van der Waals surface area contributed by atoms with Crippen molar-refractivity contribution in [3.8, 4) is 11.1 Å². The second-order valence-electron chi connectivity index (χ2n) is 9.33. The summed E-state index contributed by atoms with van der Waals surface area (Å²) in [7, 11) is -3.23. The van der Waals surface area contributed by atoms with Crippen molar-refractivity contribution in [3.63, 3.8) is 0 Å². The van der Waals surface area contributed by atoms with Crippen LogP contribution >= 0.6 is 0 Å². The van der Waals surface area contributed by atoms with E-state index in [1.54, 1.807) is 0 Å². The fraction of sp³-hybridized carbons (Fsp3) is 0.522. The molecular formula is C23H25F4N3O3S. The molecule has 0 bridgehead atoms. The highest BCUT2D eigenvalue weighted by atomic mass is 32.2. The summed E-state index contributed by atoms with van der Waals surface area (Å²) in [5, 5.41) is 9.98. The lowest BCUT2D eigenvalue weighted by molar-refractivity contribution is -0.353. The molecule has 0 spiro atoms. The van der Waals surface area contributed by atoms with Crippen LogP contribution in [0.3, 0.4) is 0 Å². The molecule has 5 rings (SSSR count). The predicted octanol–water partition coefficient (Wildman–Crippen LogP) is 3.10. The average Bonchev–Trinajstić information content (AvgIpc) is 2.77. The van der Waals surface area contributed by atoms with Crippen LogP contribution in [0.4, 0.5) is 17.6 Å². The maximum Gasteiger partial charge on any atom is 0.312 e. The van der Waals surface area contributed by atoms with Gasteiger partial charge in [-0.15, -0.1) is 0 Å². The molecule has 0 amide bonds. The molecule has 1 atom stereocenters. The van der Waals surface area contributed by atoms with Gasteiger partial charge in [-0.1, -0.05) is 6.92 Å². The van der Waals surface area contributed by atoms with Crippen molar-refractivity contribution >= 4 is 10.0 Å². The van der Waals surface area contributed by atoms with Crippen molar-refractivity contribution in [2.45, 2.75) is 44.3 Å². The minimum absolute atomic E-state index is 0.171. The minimum Gasteiger partial charge on any atom is -0.373 e. The first kappa shape index (κ1) is 23.7. The van der Waals surface area contributed by atoms with E-state index in [0.29, 0.717) is 44.7 Å². The normalized spacial score (nSPS) is 25.4. The van der Waals surface area contributed by atoms with Crippen LogP contribution in [0.2, 0.25) is 0 Å². The highest BCUT2D eigenvalue weighted by Crippen LogP contribution is 2.75. The Bertz CT molecular complexity index is 1310. The van der Waals surface area contributed by atoms with E-state index in [9.17, 15) is 31.1 Å². The van der Waals surface area contributed by atoms with Crippen LogP contribution in [-0.2, 0) is 40.4 Å². The number of aliphatic hydroxyl groups is 1. The van der Waals surface area contributed by atoms with Gasteiger partial charge >= 0.3 is 11.8 Å². The second-order valence-corrected chi connectivity index (χ2v) is 11.3. The Balaban J connectivity index is 1.45. The number of hydrogen-bond acceptors (Lipinski definition) is 5. The van der Waals surface area contributed by atoms with Gasteiger partial charge < -0.3 is 5.11 Å². The van der Waals surface area contributed by atoms with E-state index in [0.717, 1.165) is 11.3 Å². The van der Waals surface area contributed by atoms with Crippen LogP contribution in [-0.4, -0.2) is 60.1 Å². The van der Waals surface area contributed by atoms with Gasteiger partial charge in [-0.3, -0.25) is 9.88 Å². The molecule has 2 aliphatic carbocycles. The van der Waals surface area contributed by atoms with Crippen LogP contribution < -0.4 is 0 Å². The number of sulfonamides is 1. The highest BCUT2D eigenvalue weighted by molar-refractivity contribution is 7.88. The first-order valence-electron chi connectivity index (χ1n) is 11.1. The van der Waals surface area contributed by atoms with Crippen molar-refractivity contribution in [2.75, 3.05) is 32.4 Å². The maximum absolute atomic E-state index is 14.6. The molecule has 1 fully saturated rings. The third-order valence-corrected chi connectivity index (χ3v) is 8.72. The number of piperazine rings is 1. The van der Waals surface area contributed by atoms with Crippen molar-refractivity contribution in [1.82, 2.24) is 14.2 Å². The maximum atomic E-state index is 14.6. The standard InChI is InChI=1S/C23H25F4N3O3S/c1-4-14-9-15(12-29-5-7-30(8-6-29)34(3,32)33)28-11-17(14)16-10-18-20-19(13(16)2)23(26,27)21(20,31)22(18,24)25/h9-11,31H,4-8,12H2,1-3H3.